The lowest BCUT2D eigenvalue weighted by Crippen LogP contribution is -2.22. The van der Waals surface area contributed by atoms with E-state index in [9.17, 15) is 9.59 Å². The fraction of sp³-hybridized carbons (Fsp3) is 0.176. The molecule has 5 nitrogen and oxygen atoms in total. The van der Waals surface area contributed by atoms with Crippen LogP contribution in [0.5, 0.6) is 0 Å². The van der Waals surface area contributed by atoms with Crippen molar-refractivity contribution >= 4 is 34.4 Å². The summed E-state index contributed by atoms with van der Waals surface area (Å²) in [4.78, 5) is 28.9. The van der Waals surface area contributed by atoms with Crippen LogP contribution in [0.4, 0.5) is 5.69 Å². The standard InChI is InChI=1S/C17H17N3O2S/c1-11(23-10-12-5-3-2-4-6-12)16(21)18-13-7-8-14-15(9-13)20-17(22)19-14/h2-9,11H,10H2,1H3,(H,18,21)(H2,19,20,22). The first-order valence-corrected chi connectivity index (χ1v) is 8.35. The number of hydrogen-bond acceptors (Lipinski definition) is 3. The van der Waals surface area contributed by atoms with Gasteiger partial charge in [-0.3, -0.25) is 4.79 Å². The van der Waals surface area contributed by atoms with Crippen LogP contribution < -0.4 is 11.0 Å². The number of benzene rings is 2. The number of H-pyrrole nitrogens is 2. The van der Waals surface area contributed by atoms with Crippen molar-refractivity contribution < 1.29 is 4.79 Å². The molecule has 0 aliphatic rings. The van der Waals surface area contributed by atoms with Crippen LogP contribution in [0.25, 0.3) is 11.0 Å². The maximum Gasteiger partial charge on any atom is 0.323 e. The Morgan fingerprint density at radius 3 is 2.65 bits per heavy atom. The summed E-state index contributed by atoms with van der Waals surface area (Å²) in [5, 5.41) is 2.71. The summed E-state index contributed by atoms with van der Waals surface area (Å²) in [7, 11) is 0. The van der Waals surface area contributed by atoms with Gasteiger partial charge in [-0.05, 0) is 30.7 Å². The first-order chi connectivity index (χ1) is 11.1. The second-order valence-electron chi connectivity index (χ2n) is 5.27. The zero-order chi connectivity index (χ0) is 16.2. The molecular weight excluding hydrogens is 310 g/mol. The van der Waals surface area contributed by atoms with Gasteiger partial charge in [0.2, 0.25) is 5.91 Å². The Kier molecular flexibility index (Phi) is 4.52. The number of thioether (sulfide) groups is 1. The predicted molar refractivity (Wildman–Crippen MR) is 94.7 cm³/mol. The van der Waals surface area contributed by atoms with E-state index in [-0.39, 0.29) is 16.8 Å². The monoisotopic (exact) mass is 327 g/mol. The van der Waals surface area contributed by atoms with Gasteiger partial charge in [-0.2, -0.15) is 0 Å². The third-order valence-electron chi connectivity index (χ3n) is 3.50. The molecule has 6 heteroatoms. The first-order valence-electron chi connectivity index (χ1n) is 7.30. The number of rotatable bonds is 5. The molecule has 0 saturated heterocycles. The van der Waals surface area contributed by atoms with Gasteiger partial charge in [-0.15, -0.1) is 11.8 Å². The molecule has 1 amide bonds. The Morgan fingerprint density at radius 1 is 1.13 bits per heavy atom. The van der Waals surface area contributed by atoms with Crippen molar-refractivity contribution in [2.45, 2.75) is 17.9 Å². The Bertz CT molecular complexity index is 870. The van der Waals surface area contributed by atoms with Crippen LogP contribution in [0.2, 0.25) is 0 Å². The summed E-state index contributed by atoms with van der Waals surface area (Å²) in [6.45, 7) is 1.89. The number of aromatic amines is 2. The highest BCUT2D eigenvalue weighted by molar-refractivity contribution is 7.99. The van der Waals surface area contributed by atoms with E-state index in [1.807, 2.05) is 37.3 Å². The molecule has 0 radical (unpaired) electrons. The average molecular weight is 327 g/mol. The molecule has 0 fully saturated rings. The van der Waals surface area contributed by atoms with Crippen molar-refractivity contribution in [3.8, 4) is 0 Å². The van der Waals surface area contributed by atoms with Gasteiger partial charge < -0.3 is 15.3 Å². The summed E-state index contributed by atoms with van der Waals surface area (Å²) in [5.41, 5.74) is 3.01. The molecule has 2 aromatic carbocycles. The number of anilines is 1. The molecule has 3 rings (SSSR count). The van der Waals surface area contributed by atoms with E-state index >= 15 is 0 Å². The van der Waals surface area contributed by atoms with Gasteiger partial charge in [0.1, 0.15) is 0 Å². The third kappa shape index (κ3) is 3.84. The zero-order valence-corrected chi connectivity index (χ0v) is 13.4. The minimum absolute atomic E-state index is 0.0526. The van der Waals surface area contributed by atoms with E-state index < -0.39 is 0 Å². The lowest BCUT2D eigenvalue weighted by atomic mass is 10.2. The van der Waals surface area contributed by atoms with Crippen LogP contribution in [0.15, 0.2) is 53.3 Å². The van der Waals surface area contributed by atoms with Crippen molar-refractivity contribution in [1.29, 1.82) is 0 Å². The van der Waals surface area contributed by atoms with Crippen molar-refractivity contribution in [3.05, 3.63) is 64.6 Å². The van der Waals surface area contributed by atoms with Crippen LogP contribution in [0, 0.1) is 0 Å². The summed E-state index contributed by atoms with van der Waals surface area (Å²) < 4.78 is 0. The molecule has 3 N–H and O–H groups in total. The summed E-state index contributed by atoms with van der Waals surface area (Å²) in [6.07, 6.45) is 0. The molecule has 1 unspecified atom stereocenters. The number of aromatic nitrogens is 2. The molecule has 1 aromatic heterocycles. The second-order valence-corrected chi connectivity index (χ2v) is 6.60. The third-order valence-corrected chi connectivity index (χ3v) is 4.71. The Hall–Kier alpha value is -2.47. The van der Waals surface area contributed by atoms with E-state index in [1.165, 1.54) is 5.56 Å². The number of hydrogen-bond donors (Lipinski definition) is 3. The lowest BCUT2D eigenvalue weighted by molar-refractivity contribution is -0.115. The number of fused-ring (bicyclic) bond motifs is 1. The van der Waals surface area contributed by atoms with Gasteiger partial charge in [-0.1, -0.05) is 30.3 Å². The van der Waals surface area contributed by atoms with Crippen molar-refractivity contribution in [1.82, 2.24) is 9.97 Å². The summed E-state index contributed by atoms with van der Waals surface area (Å²) >= 11 is 1.59. The van der Waals surface area contributed by atoms with Crippen LogP contribution in [0.3, 0.4) is 0 Å². The molecule has 1 heterocycles. The second kappa shape index (κ2) is 6.75. The Morgan fingerprint density at radius 2 is 1.87 bits per heavy atom. The summed E-state index contributed by atoms with van der Waals surface area (Å²) in [6, 6.07) is 15.4. The van der Waals surface area contributed by atoms with E-state index in [0.717, 1.165) is 11.3 Å². The van der Waals surface area contributed by atoms with Gasteiger partial charge in [-0.25, -0.2) is 4.79 Å². The van der Waals surface area contributed by atoms with E-state index in [2.05, 4.69) is 15.3 Å². The highest BCUT2D eigenvalue weighted by Gasteiger charge is 2.14. The van der Waals surface area contributed by atoms with Gasteiger partial charge in [0.25, 0.3) is 0 Å². The van der Waals surface area contributed by atoms with Crippen LogP contribution >= 0.6 is 11.8 Å². The number of carbonyl (C=O) groups is 1. The quantitative estimate of drug-likeness (QED) is 0.674. The fourth-order valence-corrected chi connectivity index (χ4v) is 3.07. The van der Waals surface area contributed by atoms with Crippen molar-refractivity contribution in [3.63, 3.8) is 0 Å². The number of amides is 1. The highest BCUT2D eigenvalue weighted by atomic mass is 32.2. The SMILES string of the molecule is CC(SCc1ccccc1)C(=O)Nc1ccc2[nH]c(=O)[nH]c2c1. The topological polar surface area (TPSA) is 77.8 Å². The van der Waals surface area contributed by atoms with Gasteiger partial charge in [0, 0.05) is 11.4 Å². The van der Waals surface area contributed by atoms with Gasteiger partial charge >= 0.3 is 5.69 Å². The van der Waals surface area contributed by atoms with Crippen molar-refractivity contribution in [2.24, 2.45) is 0 Å². The van der Waals surface area contributed by atoms with Gasteiger partial charge in [0.05, 0.1) is 16.3 Å². The number of nitrogens with one attached hydrogen (secondary N) is 3. The largest absolute Gasteiger partial charge is 0.325 e. The van der Waals surface area contributed by atoms with E-state index in [1.54, 1.807) is 30.0 Å². The Balaban J connectivity index is 1.61. The minimum Gasteiger partial charge on any atom is -0.325 e. The molecule has 0 aliphatic carbocycles. The predicted octanol–water partition coefficient (Wildman–Crippen LogP) is 3.12. The lowest BCUT2D eigenvalue weighted by Gasteiger charge is -2.12. The van der Waals surface area contributed by atoms with Gasteiger partial charge in [0.15, 0.2) is 0 Å². The van der Waals surface area contributed by atoms with E-state index in [4.69, 9.17) is 0 Å². The zero-order valence-electron chi connectivity index (χ0n) is 12.6. The van der Waals surface area contributed by atoms with Crippen LogP contribution in [-0.2, 0) is 10.5 Å². The molecule has 118 valence electrons. The highest BCUT2D eigenvalue weighted by Crippen LogP contribution is 2.20. The molecule has 0 aliphatic heterocycles. The molecule has 23 heavy (non-hydrogen) atoms. The number of imidazole rings is 1. The first kappa shape index (κ1) is 15.4. The Labute approximate surface area is 137 Å². The molecule has 3 aromatic rings. The fourth-order valence-electron chi connectivity index (χ4n) is 2.23. The van der Waals surface area contributed by atoms with Crippen LogP contribution in [0.1, 0.15) is 12.5 Å². The maximum atomic E-state index is 12.3. The van der Waals surface area contributed by atoms with E-state index in [0.29, 0.717) is 11.2 Å². The molecule has 1 atom stereocenters. The smallest absolute Gasteiger partial charge is 0.323 e. The molecular formula is C17H17N3O2S. The maximum absolute atomic E-state index is 12.3. The molecule has 0 spiro atoms. The minimum atomic E-state index is -0.254. The molecule has 0 bridgehead atoms. The normalized spacial score (nSPS) is 12.2. The summed E-state index contributed by atoms with van der Waals surface area (Å²) in [5.74, 6) is 0.739. The molecule has 0 saturated carbocycles. The number of carbonyl (C=O) groups excluding carboxylic acids is 1. The van der Waals surface area contributed by atoms with Crippen molar-refractivity contribution in [2.75, 3.05) is 5.32 Å². The van der Waals surface area contributed by atoms with Crippen LogP contribution in [-0.4, -0.2) is 21.1 Å². The average Bonchev–Trinajstić information content (AvgIpc) is 2.92.